The molecule has 1 atom stereocenters. The molecule has 22 heavy (non-hydrogen) atoms. The molecule has 3 aliphatic heterocycles. The first-order valence-electron chi connectivity index (χ1n) is 8.75. The Morgan fingerprint density at radius 1 is 1.27 bits per heavy atom. The summed E-state index contributed by atoms with van der Waals surface area (Å²) >= 11 is 0. The number of hydrogen-bond donors (Lipinski definition) is 1. The van der Waals surface area contributed by atoms with Crippen molar-refractivity contribution in [3.8, 4) is 0 Å². The lowest BCUT2D eigenvalue weighted by Crippen LogP contribution is -2.54. The number of ether oxygens (including phenoxy) is 1. The Morgan fingerprint density at radius 3 is 2.95 bits per heavy atom. The Balaban J connectivity index is 1.46. The number of nitrogens with zero attached hydrogens (tertiary/aromatic N) is 3. The van der Waals surface area contributed by atoms with Gasteiger partial charge in [0.25, 0.3) is 0 Å². The zero-order chi connectivity index (χ0) is 15.0. The number of imidazole rings is 1. The second-order valence-electron chi connectivity index (χ2n) is 7.44. The lowest BCUT2D eigenvalue weighted by molar-refractivity contribution is -0.149. The maximum Gasteiger partial charge on any atom is 0.113 e. The lowest BCUT2D eigenvalue weighted by atomic mass is 9.85. The van der Waals surface area contributed by atoms with Crippen LogP contribution in [0, 0.1) is 5.41 Å². The summed E-state index contributed by atoms with van der Waals surface area (Å²) in [7, 11) is 0. The Labute approximate surface area is 132 Å². The van der Waals surface area contributed by atoms with Crippen LogP contribution in [0.5, 0.6) is 0 Å². The fourth-order valence-corrected chi connectivity index (χ4v) is 4.29. The molecule has 1 aromatic rings. The van der Waals surface area contributed by atoms with E-state index in [4.69, 9.17) is 9.72 Å². The van der Waals surface area contributed by atoms with Crippen LogP contribution in [-0.4, -0.2) is 59.0 Å². The van der Waals surface area contributed by atoms with E-state index >= 15 is 0 Å². The van der Waals surface area contributed by atoms with Crippen molar-refractivity contribution in [3.05, 3.63) is 17.7 Å². The first-order chi connectivity index (χ1) is 10.8. The summed E-state index contributed by atoms with van der Waals surface area (Å²) in [6.45, 7) is 6.01. The summed E-state index contributed by atoms with van der Waals surface area (Å²) in [5, 5.41) is 9.65. The Morgan fingerprint density at radius 2 is 2.18 bits per heavy atom. The maximum atomic E-state index is 9.65. The van der Waals surface area contributed by atoms with E-state index in [1.807, 2.05) is 0 Å². The van der Waals surface area contributed by atoms with E-state index in [1.54, 1.807) is 0 Å². The molecule has 0 bridgehead atoms. The molecule has 1 unspecified atom stereocenters. The summed E-state index contributed by atoms with van der Waals surface area (Å²) in [4.78, 5) is 7.29. The van der Waals surface area contributed by atoms with Crippen LogP contribution >= 0.6 is 0 Å². The highest BCUT2D eigenvalue weighted by atomic mass is 16.5. The number of aliphatic hydroxyl groups excluding tert-OH is 1. The third-order valence-electron chi connectivity index (χ3n) is 5.62. The standard InChI is InChI=1S/C17H27N3O2/c21-11-17(12-22-13-17)10-19-6-3-4-14(9-19)16-18-8-15-5-1-2-7-20(15)16/h8,14,21H,1-7,9-13H2. The number of piperidine rings is 1. The SMILES string of the molecule is OCC1(CN2CCCC(c3ncc4n3CCCC4)C2)COC1. The van der Waals surface area contributed by atoms with E-state index in [-0.39, 0.29) is 12.0 Å². The fourth-order valence-electron chi connectivity index (χ4n) is 4.29. The minimum atomic E-state index is -0.00604. The highest BCUT2D eigenvalue weighted by molar-refractivity contribution is 5.12. The van der Waals surface area contributed by atoms with Crippen LogP contribution in [0.3, 0.4) is 0 Å². The molecule has 0 saturated carbocycles. The third kappa shape index (κ3) is 2.59. The summed E-state index contributed by atoms with van der Waals surface area (Å²) in [5.41, 5.74) is 1.42. The van der Waals surface area contributed by atoms with Gasteiger partial charge in [0.2, 0.25) is 0 Å². The van der Waals surface area contributed by atoms with Crippen molar-refractivity contribution in [1.82, 2.24) is 14.5 Å². The molecule has 0 spiro atoms. The minimum Gasteiger partial charge on any atom is -0.396 e. The zero-order valence-corrected chi connectivity index (χ0v) is 13.3. The van der Waals surface area contributed by atoms with Gasteiger partial charge in [-0.2, -0.15) is 0 Å². The highest BCUT2D eigenvalue weighted by Gasteiger charge is 2.40. The molecule has 4 heterocycles. The molecule has 122 valence electrons. The van der Waals surface area contributed by atoms with E-state index in [1.165, 1.54) is 43.6 Å². The largest absolute Gasteiger partial charge is 0.396 e. The van der Waals surface area contributed by atoms with Gasteiger partial charge >= 0.3 is 0 Å². The van der Waals surface area contributed by atoms with Crippen molar-refractivity contribution < 1.29 is 9.84 Å². The Bertz CT molecular complexity index is 518. The van der Waals surface area contributed by atoms with Crippen LogP contribution in [-0.2, 0) is 17.7 Å². The summed E-state index contributed by atoms with van der Waals surface area (Å²) in [6.07, 6.45) is 8.36. The van der Waals surface area contributed by atoms with Crippen LogP contribution in [0.15, 0.2) is 6.20 Å². The van der Waals surface area contributed by atoms with Crippen molar-refractivity contribution >= 4 is 0 Å². The van der Waals surface area contributed by atoms with E-state index < -0.39 is 0 Å². The molecule has 4 rings (SSSR count). The number of aromatic nitrogens is 2. The number of rotatable bonds is 4. The number of hydrogen-bond acceptors (Lipinski definition) is 4. The van der Waals surface area contributed by atoms with Gasteiger partial charge in [0.05, 0.1) is 25.2 Å². The van der Waals surface area contributed by atoms with Crippen molar-refractivity contribution in [2.24, 2.45) is 5.41 Å². The van der Waals surface area contributed by atoms with Crippen molar-refractivity contribution in [2.75, 3.05) is 39.5 Å². The quantitative estimate of drug-likeness (QED) is 0.914. The van der Waals surface area contributed by atoms with Gasteiger partial charge in [-0.25, -0.2) is 4.98 Å². The maximum absolute atomic E-state index is 9.65. The molecule has 0 radical (unpaired) electrons. The first kappa shape index (κ1) is 14.7. The van der Waals surface area contributed by atoms with Crippen LogP contribution in [0.1, 0.15) is 43.1 Å². The normalized spacial score (nSPS) is 28.1. The van der Waals surface area contributed by atoms with Gasteiger partial charge in [0.15, 0.2) is 0 Å². The predicted molar refractivity (Wildman–Crippen MR) is 83.9 cm³/mol. The molecular weight excluding hydrogens is 278 g/mol. The monoisotopic (exact) mass is 305 g/mol. The summed E-state index contributed by atoms with van der Waals surface area (Å²) < 4.78 is 7.82. The van der Waals surface area contributed by atoms with Gasteiger partial charge in [0, 0.05) is 37.4 Å². The number of fused-ring (bicyclic) bond motifs is 1. The smallest absolute Gasteiger partial charge is 0.113 e. The van der Waals surface area contributed by atoms with Gasteiger partial charge in [0.1, 0.15) is 5.82 Å². The van der Waals surface area contributed by atoms with Gasteiger partial charge in [-0.1, -0.05) is 0 Å². The summed E-state index contributed by atoms with van der Waals surface area (Å²) in [5.74, 6) is 1.86. The molecule has 3 aliphatic rings. The number of aryl methyl sites for hydroxylation is 1. The van der Waals surface area contributed by atoms with Crippen LogP contribution in [0.4, 0.5) is 0 Å². The Hall–Kier alpha value is -0.910. The predicted octanol–water partition coefficient (Wildman–Crippen LogP) is 1.41. The molecule has 0 aromatic carbocycles. The van der Waals surface area contributed by atoms with Gasteiger partial charge in [-0.3, -0.25) is 0 Å². The number of likely N-dealkylation sites (tertiary alicyclic amines) is 1. The molecule has 1 N–H and O–H groups in total. The second kappa shape index (κ2) is 5.95. The van der Waals surface area contributed by atoms with E-state index in [9.17, 15) is 5.11 Å². The molecule has 2 fully saturated rings. The van der Waals surface area contributed by atoms with Crippen molar-refractivity contribution in [1.29, 1.82) is 0 Å². The van der Waals surface area contributed by atoms with Gasteiger partial charge in [-0.05, 0) is 38.6 Å². The second-order valence-corrected chi connectivity index (χ2v) is 7.44. The van der Waals surface area contributed by atoms with Gasteiger partial charge < -0.3 is 19.3 Å². The topological polar surface area (TPSA) is 50.5 Å². The first-order valence-corrected chi connectivity index (χ1v) is 8.75. The molecule has 5 nitrogen and oxygen atoms in total. The van der Waals surface area contributed by atoms with E-state index in [0.717, 1.165) is 26.2 Å². The van der Waals surface area contributed by atoms with Crippen LogP contribution in [0.25, 0.3) is 0 Å². The zero-order valence-electron chi connectivity index (χ0n) is 13.3. The number of aliphatic hydroxyl groups is 1. The Kier molecular flexibility index (Phi) is 3.96. The molecule has 1 aromatic heterocycles. The van der Waals surface area contributed by atoms with Crippen LogP contribution in [0.2, 0.25) is 0 Å². The molecule has 5 heteroatoms. The van der Waals surface area contributed by atoms with Crippen molar-refractivity contribution in [3.63, 3.8) is 0 Å². The molecule has 2 saturated heterocycles. The molecule has 0 aliphatic carbocycles. The van der Waals surface area contributed by atoms with Crippen molar-refractivity contribution in [2.45, 2.75) is 44.6 Å². The molecule has 0 amide bonds. The summed E-state index contributed by atoms with van der Waals surface area (Å²) in [6, 6.07) is 0. The highest BCUT2D eigenvalue weighted by Crippen LogP contribution is 2.33. The average Bonchev–Trinajstić information content (AvgIpc) is 2.95. The lowest BCUT2D eigenvalue weighted by Gasteiger charge is -2.45. The van der Waals surface area contributed by atoms with E-state index in [0.29, 0.717) is 19.1 Å². The van der Waals surface area contributed by atoms with Crippen LogP contribution < -0.4 is 0 Å². The molecular formula is C17H27N3O2. The average molecular weight is 305 g/mol. The van der Waals surface area contributed by atoms with E-state index in [2.05, 4.69) is 15.7 Å². The fraction of sp³-hybridized carbons (Fsp3) is 0.824. The third-order valence-corrected chi connectivity index (χ3v) is 5.62. The minimum absolute atomic E-state index is 0.00604. The van der Waals surface area contributed by atoms with Gasteiger partial charge in [-0.15, -0.1) is 0 Å².